The molecule has 0 heterocycles. The molecule has 0 aromatic heterocycles. The Morgan fingerprint density at radius 3 is 2.09 bits per heavy atom. The topological polar surface area (TPSA) is 9.23 Å². The van der Waals surface area contributed by atoms with Gasteiger partial charge in [0.25, 0.3) is 0 Å². The predicted octanol–water partition coefficient (Wildman–Crippen LogP) is 2.71. The number of benzene rings is 2. The molecule has 2 aromatic carbocycles. The van der Waals surface area contributed by atoms with Crippen molar-refractivity contribution in [2.24, 2.45) is 0 Å². The van der Waals surface area contributed by atoms with Crippen LogP contribution in [-0.2, 0) is 4.74 Å². The van der Waals surface area contributed by atoms with Gasteiger partial charge in [0, 0.05) is 0 Å². The molecule has 0 saturated heterocycles. The van der Waals surface area contributed by atoms with E-state index in [9.17, 15) is 0 Å². The number of hydrogen-bond acceptors (Lipinski definition) is 1. The number of ether oxygens (including phenoxy) is 1. The van der Waals surface area contributed by atoms with E-state index in [2.05, 4.69) is 73.9 Å². The third-order valence-electron chi connectivity index (χ3n) is 3.10. The Morgan fingerprint density at radius 1 is 0.957 bits per heavy atom. The molecule has 120 valence electrons. The van der Waals surface area contributed by atoms with Gasteiger partial charge in [0.2, 0.25) is 0 Å². The van der Waals surface area contributed by atoms with Crippen LogP contribution in [0.2, 0.25) is 0 Å². The summed E-state index contributed by atoms with van der Waals surface area (Å²) < 4.78 is 9.90. The van der Waals surface area contributed by atoms with Crippen molar-refractivity contribution in [1.29, 1.82) is 0 Å². The monoisotopic (exact) mass is 438 g/mol. The van der Waals surface area contributed by atoms with Gasteiger partial charge in [0.05, 0.1) is 0 Å². The van der Waals surface area contributed by atoms with Crippen LogP contribution in [0.4, 0.5) is 0 Å². The molecule has 0 aliphatic rings. The average molecular weight is 436 g/mol. The van der Waals surface area contributed by atoms with E-state index in [0.29, 0.717) is 43.1 Å². The number of hydrogen-bond donors (Lipinski definition) is 0. The normalized spacial score (nSPS) is 11.5. The van der Waals surface area contributed by atoms with E-state index in [-0.39, 0.29) is 0 Å². The van der Waals surface area contributed by atoms with Gasteiger partial charge in [-0.25, -0.2) is 0 Å². The summed E-state index contributed by atoms with van der Waals surface area (Å²) in [5.74, 6) is 0. The van der Waals surface area contributed by atoms with Crippen molar-refractivity contribution in [3.05, 3.63) is 81.8 Å². The fourth-order valence-electron chi connectivity index (χ4n) is 1.84. The second-order valence-electron chi connectivity index (χ2n) is 5.23. The molecular weight excluding hydrogens is 414 g/mol. The molecule has 0 amide bonds. The summed E-state index contributed by atoms with van der Waals surface area (Å²) in [5.41, 5.74) is 2.62. The van der Waals surface area contributed by atoms with Crippen LogP contribution in [-0.4, -0.2) is 43.1 Å². The zero-order valence-corrected chi connectivity index (χ0v) is 17.0. The van der Waals surface area contributed by atoms with Crippen molar-refractivity contribution < 1.29 is 4.74 Å². The molecule has 0 aliphatic heterocycles. The standard InChI is InChI=1S/C20H22OSe2/c1-4-13-21-14-20(23-19-11-7-17(3)8-12-19)15-22-18-9-5-16(2)6-10-18/h4-12,15H,1,13-14H2,2-3H3/b20-15-. The third kappa shape index (κ3) is 6.91. The summed E-state index contributed by atoms with van der Waals surface area (Å²) in [6, 6.07) is 17.7. The molecule has 2 rings (SSSR count). The Balaban J connectivity index is 2.05. The zero-order chi connectivity index (χ0) is 16.5. The summed E-state index contributed by atoms with van der Waals surface area (Å²) in [5, 5.41) is 0. The average Bonchev–Trinajstić information content (AvgIpc) is 2.56. The van der Waals surface area contributed by atoms with Crippen molar-refractivity contribution >= 4 is 38.8 Å². The van der Waals surface area contributed by atoms with Gasteiger partial charge in [-0.2, -0.15) is 0 Å². The first-order valence-corrected chi connectivity index (χ1v) is 11.1. The molecule has 2 aromatic rings. The van der Waals surface area contributed by atoms with Crippen LogP contribution in [0.5, 0.6) is 0 Å². The second-order valence-corrected chi connectivity index (χ2v) is 9.73. The third-order valence-corrected chi connectivity index (χ3v) is 7.95. The molecule has 3 heteroatoms. The minimum absolute atomic E-state index is 0.321. The Morgan fingerprint density at radius 2 is 1.52 bits per heavy atom. The van der Waals surface area contributed by atoms with Gasteiger partial charge in [-0.3, -0.25) is 0 Å². The molecule has 1 nitrogen and oxygen atoms in total. The summed E-state index contributed by atoms with van der Waals surface area (Å²) in [6.07, 6.45) is 1.81. The summed E-state index contributed by atoms with van der Waals surface area (Å²) in [4.78, 5) is 2.39. The van der Waals surface area contributed by atoms with Crippen molar-refractivity contribution in [3.63, 3.8) is 0 Å². The maximum atomic E-state index is 5.69. The Bertz CT molecular complexity index is 642. The van der Waals surface area contributed by atoms with Gasteiger partial charge in [0.1, 0.15) is 0 Å². The molecule has 0 bridgehead atoms. The zero-order valence-electron chi connectivity index (χ0n) is 13.6. The quantitative estimate of drug-likeness (QED) is 0.352. The molecule has 0 spiro atoms. The summed E-state index contributed by atoms with van der Waals surface area (Å²) >= 11 is 0.675. The van der Waals surface area contributed by atoms with Crippen molar-refractivity contribution in [2.75, 3.05) is 13.2 Å². The molecule has 0 radical (unpaired) electrons. The van der Waals surface area contributed by atoms with Gasteiger partial charge in [-0.15, -0.1) is 0 Å². The molecule has 0 N–H and O–H groups in total. The summed E-state index contributed by atoms with van der Waals surface area (Å²) in [6.45, 7) is 9.28. The fourth-order valence-corrected chi connectivity index (χ4v) is 5.81. The SMILES string of the molecule is C=CCOC/C(=C/[Se]c1ccc(C)cc1)[Se]c1ccc(C)cc1. The van der Waals surface area contributed by atoms with Gasteiger partial charge < -0.3 is 0 Å². The first-order chi connectivity index (χ1) is 11.2. The molecule has 0 aliphatic carbocycles. The number of aryl methyl sites for hydroxylation is 2. The number of rotatable bonds is 8. The van der Waals surface area contributed by atoms with Gasteiger partial charge in [-0.1, -0.05) is 0 Å². The Hall–Kier alpha value is -1.08. The van der Waals surface area contributed by atoms with Gasteiger partial charge in [-0.05, 0) is 0 Å². The molecule has 0 unspecified atom stereocenters. The van der Waals surface area contributed by atoms with Crippen LogP contribution in [0.3, 0.4) is 0 Å². The van der Waals surface area contributed by atoms with E-state index in [1.807, 2.05) is 6.08 Å². The predicted molar refractivity (Wildman–Crippen MR) is 102 cm³/mol. The maximum absolute atomic E-state index is 5.69. The van der Waals surface area contributed by atoms with Gasteiger partial charge in [0.15, 0.2) is 0 Å². The van der Waals surface area contributed by atoms with Crippen LogP contribution in [0.1, 0.15) is 11.1 Å². The molecule has 0 saturated carbocycles. The molecule has 0 atom stereocenters. The molecule has 0 fully saturated rings. The first-order valence-electron chi connectivity index (χ1n) is 7.53. The Labute approximate surface area is 152 Å². The van der Waals surface area contributed by atoms with E-state index in [1.165, 1.54) is 24.5 Å². The van der Waals surface area contributed by atoms with E-state index in [1.54, 1.807) is 0 Å². The fraction of sp³-hybridized carbons (Fsp3) is 0.200. The van der Waals surface area contributed by atoms with E-state index >= 15 is 0 Å². The van der Waals surface area contributed by atoms with Crippen LogP contribution >= 0.6 is 0 Å². The molecular formula is C20H22OSe2. The van der Waals surface area contributed by atoms with Crippen LogP contribution in [0.15, 0.2) is 70.6 Å². The van der Waals surface area contributed by atoms with Gasteiger partial charge >= 0.3 is 152 Å². The van der Waals surface area contributed by atoms with Crippen molar-refractivity contribution in [3.8, 4) is 0 Å². The van der Waals surface area contributed by atoms with E-state index < -0.39 is 0 Å². The Kier molecular flexibility index (Phi) is 7.88. The molecule has 23 heavy (non-hydrogen) atoms. The first kappa shape index (κ1) is 18.3. The summed E-state index contributed by atoms with van der Waals surface area (Å²) in [7, 11) is 0. The van der Waals surface area contributed by atoms with E-state index in [0.717, 1.165) is 0 Å². The second kappa shape index (κ2) is 9.92. The van der Waals surface area contributed by atoms with Crippen molar-refractivity contribution in [2.45, 2.75) is 13.8 Å². The van der Waals surface area contributed by atoms with Crippen LogP contribution < -0.4 is 8.92 Å². The van der Waals surface area contributed by atoms with Crippen LogP contribution in [0, 0.1) is 13.8 Å². The van der Waals surface area contributed by atoms with Crippen molar-refractivity contribution in [1.82, 2.24) is 0 Å². The van der Waals surface area contributed by atoms with E-state index in [4.69, 9.17) is 4.74 Å². The minimum atomic E-state index is 0.321. The van der Waals surface area contributed by atoms with Crippen LogP contribution in [0.25, 0.3) is 0 Å².